The molecular formula is C19H42O3Si. The summed E-state index contributed by atoms with van der Waals surface area (Å²) in [5.74, 6) is 0. The van der Waals surface area contributed by atoms with Gasteiger partial charge in [-0.05, 0) is 24.6 Å². The first kappa shape index (κ1) is 23.1. The molecule has 0 bridgehead atoms. The van der Waals surface area contributed by atoms with Gasteiger partial charge in [0.15, 0.2) is 8.32 Å². The van der Waals surface area contributed by atoms with Crippen molar-refractivity contribution >= 4 is 8.32 Å². The molecule has 0 heterocycles. The first-order valence-electron chi connectivity index (χ1n) is 9.49. The number of rotatable bonds is 14. The van der Waals surface area contributed by atoms with Crippen LogP contribution in [0.2, 0.25) is 18.1 Å². The molecular weight excluding hydrogens is 304 g/mol. The topological polar surface area (TPSA) is 27.7 Å². The fraction of sp³-hybridized carbons (Fsp3) is 1.00. The van der Waals surface area contributed by atoms with Crippen LogP contribution in [0.3, 0.4) is 0 Å². The summed E-state index contributed by atoms with van der Waals surface area (Å²) in [6.45, 7) is 14.8. The molecule has 0 rings (SSSR count). The van der Waals surface area contributed by atoms with Crippen LogP contribution in [0, 0.1) is 0 Å². The van der Waals surface area contributed by atoms with Crippen molar-refractivity contribution < 1.29 is 13.9 Å². The second kappa shape index (κ2) is 12.5. The number of hydrogen-bond acceptors (Lipinski definition) is 3. The Morgan fingerprint density at radius 2 is 1.48 bits per heavy atom. The zero-order valence-corrected chi connectivity index (χ0v) is 17.9. The van der Waals surface area contributed by atoms with Gasteiger partial charge in [-0.2, -0.15) is 0 Å². The Labute approximate surface area is 146 Å². The first-order chi connectivity index (χ1) is 10.7. The molecule has 0 saturated carbocycles. The molecule has 1 atom stereocenters. The third kappa shape index (κ3) is 11.3. The lowest BCUT2D eigenvalue weighted by molar-refractivity contribution is -0.0880. The predicted octanol–water partition coefficient (Wildman–Crippen LogP) is 6.14. The van der Waals surface area contributed by atoms with Gasteiger partial charge in [0.1, 0.15) is 6.79 Å². The maximum Gasteiger partial charge on any atom is 0.192 e. The molecule has 0 radical (unpaired) electrons. The summed E-state index contributed by atoms with van der Waals surface area (Å²) in [7, 11) is -0.0170. The third-order valence-corrected chi connectivity index (χ3v) is 9.49. The molecule has 4 heteroatoms. The second-order valence-electron chi connectivity index (χ2n) is 8.18. The molecule has 0 N–H and O–H groups in total. The molecule has 0 fully saturated rings. The quantitative estimate of drug-likeness (QED) is 0.215. The van der Waals surface area contributed by atoms with E-state index in [0.29, 0.717) is 13.4 Å². The highest BCUT2D eigenvalue weighted by atomic mass is 28.4. The van der Waals surface area contributed by atoms with E-state index in [-0.39, 0.29) is 11.1 Å². The van der Waals surface area contributed by atoms with E-state index < -0.39 is 8.32 Å². The highest BCUT2D eigenvalue weighted by molar-refractivity contribution is 6.74. The number of ether oxygens (including phenoxy) is 2. The highest BCUT2D eigenvalue weighted by Crippen LogP contribution is 2.36. The van der Waals surface area contributed by atoms with Gasteiger partial charge in [-0.3, -0.25) is 0 Å². The third-order valence-electron chi connectivity index (χ3n) is 4.99. The van der Waals surface area contributed by atoms with E-state index in [1.54, 1.807) is 7.11 Å². The van der Waals surface area contributed by atoms with Crippen LogP contribution in [0.5, 0.6) is 0 Å². The maximum atomic E-state index is 6.32. The molecule has 23 heavy (non-hydrogen) atoms. The van der Waals surface area contributed by atoms with Gasteiger partial charge >= 0.3 is 0 Å². The average Bonchev–Trinajstić information content (AvgIpc) is 2.47. The minimum Gasteiger partial charge on any atom is -0.414 e. The van der Waals surface area contributed by atoms with Gasteiger partial charge in [-0.25, -0.2) is 0 Å². The second-order valence-corrected chi connectivity index (χ2v) is 13.0. The van der Waals surface area contributed by atoms with E-state index in [4.69, 9.17) is 13.9 Å². The lowest BCUT2D eigenvalue weighted by Crippen LogP contribution is -2.43. The number of methoxy groups -OCH3 is 1. The van der Waals surface area contributed by atoms with Crippen molar-refractivity contribution in [1.29, 1.82) is 0 Å². The number of hydrogen-bond donors (Lipinski definition) is 0. The minimum absolute atomic E-state index is 0.166. The van der Waals surface area contributed by atoms with E-state index in [1.165, 1.54) is 44.9 Å². The first-order valence-corrected chi connectivity index (χ1v) is 12.4. The molecule has 0 aromatic carbocycles. The molecule has 0 saturated heterocycles. The molecule has 0 aliphatic heterocycles. The molecule has 0 aromatic rings. The largest absolute Gasteiger partial charge is 0.414 e. The SMILES string of the molecule is CCCCCCCCC[C@H](CO[Si](C)(C)C(C)(C)C)OCOC. The van der Waals surface area contributed by atoms with Gasteiger partial charge in [0.25, 0.3) is 0 Å². The van der Waals surface area contributed by atoms with Crippen molar-refractivity contribution in [2.45, 2.75) is 103 Å². The van der Waals surface area contributed by atoms with Crippen molar-refractivity contribution in [3.05, 3.63) is 0 Å². The van der Waals surface area contributed by atoms with Crippen molar-refractivity contribution in [3.8, 4) is 0 Å². The standard InChI is InChI=1S/C19H42O3Si/c1-8-9-10-11-12-13-14-15-18(21-17-20-5)16-22-23(6,7)19(2,3)4/h18H,8-17H2,1-7H3/t18-/m1/s1. The smallest absolute Gasteiger partial charge is 0.192 e. The van der Waals surface area contributed by atoms with Gasteiger partial charge in [0.2, 0.25) is 0 Å². The maximum absolute atomic E-state index is 6.32. The fourth-order valence-corrected chi connectivity index (χ4v) is 3.26. The summed E-state index contributed by atoms with van der Waals surface area (Å²) < 4.78 is 17.2. The van der Waals surface area contributed by atoms with Crippen LogP contribution in [-0.4, -0.2) is 34.9 Å². The summed E-state index contributed by atoms with van der Waals surface area (Å²) in [4.78, 5) is 0. The summed E-state index contributed by atoms with van der Waals surface area (Å²) in [6, 6.07) is 0. The van der Waals surface area contributed by atoms with Crippen molar-refractivity contribution in [2.75, 3.05) is 20.5 Å². The van der Waals surface area contributed by atoms with E-state index in [2.05, 4.69) is 40.8 Å². The molecule has 0 aromatic heterocycles. The summed E-state index contributed by atoms with van der Waals surface area (Å²) in [5.41, 5.74) is 0. The van der Waals surface area contributed by atoms with E-state index in [1.807, 2.05) is 0 Å². The summed E-state index contributed by atoms with van der Waals surface area (Å²) in [6.07, 6.45) is 10.6. The predicted molar refractivity (Wildman–Crippen MR) is 103 cm³/mol. The van der Waals surface area contributed by atoms with Crippen molar-refractivity contribution in [2.24, 2.45) is 0 Å². The molecule has 0 amide bonds. The van der Waals surface area contributed by atoms with E-state index >= 15 is 0 Å². The Morgan fingerprint density at radius 3 is 2.00 bits per heavy atom. The zero-order valence-electron chi connectivity index (χ0n) is 16.9. The van der Waals surface area contributed by atoms with Gasteiger partial charge in [0, 0.05) is 7.11 Å². The minimum atomic E-state index is -1.70. The monoisotopic (exact) mass is 346 g/mol. The molecule has 0 aliphatic rings. The van der Waals surface area contributed by atoms with Gasteiger partial charge < -0.3 is 13.9 Å². The Balaban J connectivity index is 4.07. The summed E-state index contributed by atoms with van der Waals surface area (Å²) >= 11 is 0. The van der Waals surface area contributed by atoms with E-state index in [0.717, 1.165) is 6.42 Å². The lowest BCUT2D eigenvalue weighted by Gasteiger charge is -2.37. The van der Waals surface area contributed by atoms with E-state index in [9.17, 15) is 0 Å². The summed E-state index contributed by atoms with van der Waals surface area (Å²) in [5, 5.41) is 0.248. The van der Waals surface area contributed by atoms with Crippen molar-refractivity contribution in [3.63, 3.8) is 0 Å². The Kier molecular flexibility index (Phi) is 12.5. The van der Waals surface area contributed by atoms with Gasteiger partial charge in [-0.1, -0.05) is 72.6 Å². The van der Waals surface area contributed by atoms with Crippen LogP contribution in [-0.2, 0) is 13.9 Å². The molecule has 0 aliphatic carbocycles. The molecule has 0 spiro atoms. The number of unbranched alkanes of at least 4 members (excludes halogenated alkanes) is 6. The Hall–Kier alpha value is 0.0969. The fourth-order valence-electron chi connectivity index (χ4n) is 2.23. The van der Waals surface area contributed by atoms with Crippen LogP contribution in [0.1, 0.15) is 79.1 Å². The molecule has 3 nitrogen and oxygen atoms in total. The van der Waals surface area contributed by atoms with Crippen LogP contribution in [0.25, 0.3) is 0 Å². The van der Waals surface area contributed by atoms with Crippen LogP contribution < -0.4 is 0 Å². The molecule has 0 unspecified atom stereocenters. The van der Waals surface area contributed by atoms with Crippen LogP contribution in [0.15, 0.2) is 0 Å². The van der Waals surface area contributed by atoms with Gasteiger partial charge in [0.05, 0.1) is 12.7 Å². The Morgan fingerprint density at radius 1 is 0.913 bits per heavy atom. The average molecular weight is 347 g/mol. The van der Waals surface area contributed by atoms with Crippen LogP contribution in [0.4, 0.5) is 0 Å². The highest BCUT2D eigenvalue weighted by Gasteiger charge is 2.37. The van der Waals surface area contributed by atoms with Crippen LogP contribution >= 0.6 is 0 Å². The Bertz CT molecular complexity index is 274. The lowest BCUT2D eigenvalue weighted by atomic mass is 10.1. The normalized spacial score (nSPS) is 14.2. The molecule has 140 valence electrons. The zero-order chi connectivity index (χ0) is 17.8. The van der Waals surface area contributed by atoms with Gasteiger partial charge in [-0.15, -0.1) is 0 Å². The van der Waals surface area contributed by atoms with Crippen molar-refractivity contribution in [1.82, 2.24) is 0 Å².